The van der Waals surface area contributed by atoms with Crippen LogP contribution in [0, 0.1) is 0 Å². The van der Waals surface area contributed by atoms with Gasteiger partial charge in [0.25, 0.3) is 0 Å². The summed E-state index contributed by atoms with van der Waals surface area (Å²) in [6.45, 7) is 0. The van der Waals surface area contributed by atoms with E-state index in [1.807, 2.05) is 30.3 Å². The molecule has 12 heavy (non-hydrogen) atoms. The van der Waals surface area contributed by atoms with Gasteiger partial charge >= 0.3 is 0 Å². The van der Waals surface area contributed by atoms with Crippen molar-refractivity contribution in [2.45, 2.75) is 6.42 Å². The summed E-state index contributed by atoms with van der Waals surface area (Å²) in [5.74, 6) is 0. The molecule has 0 amide bonds. The van der Waals surface area contributed by atoms with E-state index in [9.17, 15) is 4.79 Å². The minimum Gasteiger partial charge on any atom is -0.285 e. The lowest BCUT2D eigenvalue weighted by molar-refractivity contribution is -0.109. The zero-order valence-electron chi connectivity index (χ0n) is 6.36. The lowest BCUT2D eigenvalue weighted by Crippen LogP contribution is -1.98. The molecule has 1 aliphatic rings. The SMILES string of the molecule is O=C1CC(c2ccccc2)=NS1. The Kier molecular flexibility index (Phi) is 1.96. The smallest absolute Gasteiger partial charge is 0.217 e. The number of hydrogen-bond donors (Lipinski definition) is 0. The number of benzene rings is 1. The molecule has 2 nitrogen and oxygen atoms in total. The molecule has 2 rings (SSSR count). The molecule has 0 saturated heterocycles. The normalized spacial score (nSPS) is 16.3. The number of hydrogen-bond acceptors (Lipinski definition) is 3. The Morgan fingerprint density at radius 2 is 2.00 bits per heavy atom. The van der Waals surface area contributed by atoms with Gasteiger partial charge in [-0.1, -0.05) is 30.3 Å². The molecule has 1 aromatic rings. The van der Waals surface area contributed by atoms with Crippen molar-refractivity contribution >= 4 is 22.8 Å². The summed E-state index contributed by atoms with van der Waals surface area (Å²) in [5, 5.41) is 0.133. The second-order valence-corrected chi connectivity index (χ2v) is 3.36. The molecule has 0 aromatic heterocycles. The lowest BCUT2D eigenvalue weighted by Gasteiger charge is -1.95. The minimum absolute atomic E-state index is 0.133. The zero-order valence-corrected chi connectivity index (χ0v) is 7.17. The second kappa shape index (κ2) is 3.11. The fourth-order valence-corrected chi connectivity index (χ4v) is 1.68. The summed E-state index contributed by atoms with van der Waals surface area (Å²) < 4.78 is 4.07. The van der Waals surface area contributed by atoms with Crippen molar-refractivity contribution in [3.63, 3.8) is 0 Å². The molecule has 0 saturated carbocycles. The van der Waals surface area contributed by atoms with Crippen LogP contribution in [0.1, 0.15) is 12.0 Å². The van der Waals surface area contributed by atoms with Crippen LogP contribution in [-0.4, -0.2) is 10.8 Å². The Morgan fingerprint density at radius 1 is 1.25 bits per heavy atom. The molecular formula is C9H7NOS. The van der Waals surface area contributed by atoms with Gasteiger partial charge in [-0.3, -0.25) is 4.79 Å². The largest absolute Gasteiger partial charge is 0.285 e. The van der Waals surface area contributed by atoms with Gasteiger partial charge in [0.05, 0.1) is 24.1 Å². The predicted octanol–water partition coefficient (Wildman–Crippen LogP) is 2.05. The van der Waals surface area contributed by atoms with Crippen molar-refractivity contribution in [1.82, 2.24) is 0 Å². The average Bonchev–Trinajstić information content (AvgIpc) is 2.54. The molecule has 0 N–H and O–H groups in total. The Balaban J connectivity index is 2.28. The average molecular weight is 177 g/mol. The second-order valence-electron chi connectivity index (χ2n) is 2.54. The molecule has 0 bridgehead atoms. The maximum Gasteiger partial charge on any atom is 0.217 e. The van der Waals surface area contributed by atoms with Crippen molar-refractivity contribution in [2.24, 2.45) is 4.40 Å². The first kappa shape index (κ1) is 7.55. The summed E-state index contributed by atoms with van der Waals surface area (Å²) in [5.41, 5.74) is 1.95. The molecule has 0 atom stereocenters. The standard InChI is InChI=1S/C9H7NOS/c11-9-6-8(10-12-9)7-4-2-1-3-5-7/h1-5H,6H2. The van der Waals surface area contributed by atoms with Crippen LogP contribution < -0.4 is 0 Å². The van der Waals surface area contributed by atoms with Crippen LogP contribution in [0.3, 0.4) is 0 Å². The van der Waals surface area contributed by atoms with Gasteiger partial charge in [-0.25, -0.2) is 4.40 Å². The van der Waals surface area contributed by atoms with Crippen LogP contribution in [0.25, 0.3) is 0 Å². The summed E-state index contributed by atoms with van der Waals surface area (Å²) in [6, 6.07) is 9.79. The van der Waals surface area contributed by atoms with Gasteiger partial charge in [0.2, 0.25) is 5.12 Å². The number of nitrogens with zero attached hydrogens (tertiary/aromatic N) is 1. The van der Waals surface area contributed by atoms with Gasteiger partial charge in [-0.2, -0.15) is 0 Å². The molecule has 60 valence electrons. The third kappa shape index (κ3) is 1.41. The maximum absolute atomic E-state index is 10.9. The van der Waals surface area contributed by atoms with Crippen LogP contribution in [-0.2, 0) is 4.79 Å². The summed E-state index contributed by atoms with van der Waals surface area (Å²) >= 11 is 1.05. The van der Waals surface area contributed by atoms with Crippen LogP contribution in [0.5, 0.6) is 0 Å². The quantitative estimate of drug-likeness (QED) is 0.614. The number of carbonyl (C=O) groups excluding carboxylic acids is 1. The fourth-order valence-electron chi connectivity index (χ4n) is 1.09. The summed E-state index contributed by atoms with van der Waals surface area (Å²) in [7, 11) is 0. The van der Waals surface area contributed by atoms with Crippen molar-refractivity contribution in [1.29, 1.82) is 0 Å². The molecule has 1 heterocycles. The van der Waals surface area contributed by atoms with E-state index < -0.39 is 0 Å². The predicted molar refractivity (Wildman–Crippen MR) is 50.2 cm³/mol. The van der Waals surface area contributed by atoms with Gasteiger partial charge < -0.3 is 0 Å². The maximum atomic E-state index is 10.9. The number of carbonyl (C=O) groups is 1. The highest BCUT2D eigenvalue weighted by atomic mass is 32.2. The van der Waals surface area contributed by atoms with E-state index in [0.29, 0.717) is 6.42 Å². The monoisotopic (exact) mass is 177 g/mol. The highest BCUT2D eigenvalue weighted by Gasteiger charge is 2.16. The lowest BCUT2D eigenvalue weighted by atomic mass is 10.1. The Bertz CT molecular complexity index is 332. The third-order valence-electron chi connectivity index (χ3n) is 1.68. The highest BCUT2D eigenvalue weighted by molar-refractivity contribution is 8.13. The van der Waals surface area contributed by atoms with Crippen LogP contribution in [0.4, 0.5) is 0 Å². The van der Waals surface area contributed by atoms with Crippen molar-refractivity contribution in [3.8, 4) is 0 Å². The molecule has 0 fully saturated rings. The van der Waals surface area contributed by atoms with Gasteiger partial charge in [-0.05, 0) is 5.56 Å². The van der Waals surface area contributed by atoms with Gasteiger partial charge in [0.15, 0.2) is 0 Å². The van der Waals surface area contributed by atoms with Crippen LogP contribution in [0.2, 0.25) is 0 Å². The molecule has 0 spiro atoms. The van der Waals surface area contributed by atoms with Gasteiger partial charge in [-0.15, -0.1) is 0 Å². The first-order valence-corrected chi connectivity index (χ1v) is 4.46. The number of rotatable bonds is 1. The highest BCUT2D eigenvalue weighted by Crippen LogP contribution is 2.21. The van der Waals surface area contributed by atoms with Gasteiger partial charge in [0, 0.05) is 0 Å². The van der Waals surface area contributed by atoms with E-state index in [1.54, 1.807) is 0 Å². The van der Waals surface area contributed by atoms with E-state index in [0.717, 1.165) is 23.2 Å². The Labute approximate surface area is 74.8 Å². The van der Waals surface area contributed by atoms with Gasteiger partial charge in [0.1, 0.15) is 0 Å². The van der Waals surface area contributed by atoms with E-state index in [1.165, 1.54) is 0 Å². The first-order chi connectivity index (χ1) is 5.86. The van der Waals surface area contributed by atoms with E-state index in [-0.39, 0.29) is 5.12 Å². The third-order valence-corrected chi connectivity index (χ3v) is 2.34. The van der Waals surface area contributed by atoms with E-state index in [4.69, 9.17) is 0 Å². The Morgan fingerprint density at radius 3 is 2.58 bits per heavy atom. The zero-order chi connectivity index (χ0) is 8.39. The van der Waals surface area contributed by atoms with Crippen LogP contribution in [0.15, 0.2) is 34.7 Å². The summed E-state index contributed by atoms with van der Waals surface area (Å²) in [4.78, 5) is 10.9. The minimum atomic E-state index is 0.133. The Hall–Kier alpha value is -1.09. The van der Waals surface area contributed by atoms with Crippen LogP contribution >= 0.6 is 11.9 Å². The molecule has 1 aliphatic heterocycles. The van der Waals surface area contributed by atoms with Crippen molar-refractivity contribution in [2.75, 3.05) is 0 Å². The molecule has 0 unspecified atom stereocenters. The molecule has 1 aromatic carbocycles. The topological polar surface area (TPSA) is 29.4 Å². The summed E-state index contributed by atoms with van der Waals surface area (Å²) in [6.07, 6.45) is 0.467. The fraction of sp³-hybridized carbons (Fsp3) is 0.111. The molecule has 3 heteroatoms. The van der Waals surface area contributed by atoms with E-state index in [2.05, 4.69) is 4.40 Å². The molecule has 0 radical (unpaired) electrons. The van der Waals surface area contributed by atoms with E-state index >= 15 is 0 Å². The van der Waals surface area contributed by atoms with Crippen molar-refractivity contribution in [3.05, 3.63) is 35.9 Å². The molecule has 0 aliphatic carbocycles. The first-order valence-electron chi connectivity index (χ1n) is 3.68. The van der Waals surface area contributed by atoms with Crippen molar-refractivity contribution < 1.29 is 4.79 Å². The molecular weight excluding hydrogens is 170 g/mol.